The molecule has 2 heterocycles. The maximum absolute atomic E-state index is 12.7. The van der Waals surface area contributed by atoms with Gasteiger partial charge in [-0.25, -0.2) is 0 Å². The Hall–Kier alpha value is -3.29. The van der Waals surface area contributed by atoms with Gasteiger partial charge >= 0.3 is 6.18 Å². The lowest BCUT2D eigenvalue weighted by Gasteiger charge is -2.12. The molecule has 0 spiro atoms. The lowest BCUT2D eigenvalue weighted by atomic mass is 10.1. The minimum Gasteiger partial charge on any atom is -0.351 e. The Morgan fingerprint density at radius 1 is 1.11 bits per heavy atom. The first-order chi connectivity index (χ1) is 13.3. The number of aromatic nitrogens is 3. The number of amides is 1. The van der Waals surface area contributed by atoms with Crippen LogP contribution in [0.3, 0.4) is 0 Å². The Balaban J connectivity index is 0.000000336. The van der Waals surface area contributed by atoms with E-state index in [4.69, 9.17) is 0 Å². The van der Waals surface area contributed by atoms with E-state index in [2.05, 4.69) is 20.3 Å². The summed E-state index contributed by atoms with van der Waals surface area (Å²) >= 11 is 0. The van der Waals surface area contributed by atoms with Gasteiger partial charge in [-0.05, 0) is 38.1 Å². The van der Waals surface area contributed by atoms with Crippen molar-refractivity contribution in [2.45, 2.75) is 26.1 Å². The predicted molar refractivity (Wildman–Crippen MR) is 99.1 cm³/mol. The Morgan fingerprint density at radius 3 is 2.43 bits per heavy atom. The predicted octanol–water partition coefficient (Wildman–Crippen LogP) is 4.36. The molecule has 1 atom stereocenters. The highest BCUT2D eigenvalue weighted by Crippen LogP contribution is 2.31. The molecule has 0 aliphatic rings. The van der Waals surface area contributed by atoms with Crippen molar-refractivity contribution < 1.29 is 18.0 Å². The molecule has 3 aromatic rings. The number of halogens is 3. The van der Waals surface area contributed by atoms with Gasteiger partial charge in [0, 0.05) is 24.2 Å². The van der Waals surface area contributed by atoms with Crippen LogP contribution in [0.1, 0.15) is 29.9 Å². The second-order valence-electron chi connectivity index (χ2n) is 5.88. The number of carbonyl (C=O) groups excluding carboxylic acids is 1. The molecule has 8 heteroatoms. The molecule has 0 bridgehead atoms. The third kappa shape index (κ3) is 6.15. The van der Waals surface area contributed by atoms with Gasteiger partial charge in [-0.3, -0.25) is 19.7 Å². The first kappa shape index (κ1) is 21.0. The molecular weight excluding hydrogens is 369 g/mol. The molecule has 1 unspecified atom stereocenters. The van der Waals surface area contributed by atoms with Crippen LogP contribution in [0.2, 0.25) is 0 Å². The van der Waals surface area contributed by atoms with Gasteiger partial charge in [-0.15, -0.1) is 0 Å². The van der Waals surface area contributed by atoms with E-state index in [1.165, 1.54) is 6.07 Å². The number of hydrogen-bond donors (Lipinski definition) is 1. The third-order valence-electron chi connectivity index (χ3n) is 3.71. The number of nitrogens with one attached hydrogen (secondary N) is 1. The van der Waals surface area contributed by atoms with Gasteiger partial charge in [0.15, 0.2) is 0 Å². The summed E-state index contributed by atoms with van der Waals surface area (Å²) < 4.78 is 38.2. The van der Waals surface area contributed by atoms with Crippen LogP contribution in [0.25, 0.3) is 11.3 Å². The fourth-order valence-electron chi connectivity index (χ4n) is 2.27. The van der Waals surface area contributed by atoms with Crippen molar-refractivity contribution in [3.8, 4) is 11.3 Å². The van der Waals surface area contributed by atoms with Crippen molar-refractivity contribution in [2.24, 2.45) is 0 Å². The van der Waals surface area contributed by atoms with Crippen molar-refractivity contribution in [3.63, 3.8) is 0 Å². The number of alkyl halides is 3. The van der Waals surface area contributed by atoms with Crippen LogP contribution in [-0.2, 0) is 11.0 Å². The van der Waals surface area contributed by atoms with Gasteiger partial charge in [0.25, 0.3) is 0 Å². The van der Waals surface area contributed by atoms with E-state index in [-0.39, 0.29) is 6.04 Å². The largest absolute Gasteiger partial charge is 0.416 e. The molecule has 0 saturated heterocycles. The maximum atomic E-state index is 12.7. The van der Waals surface area contributed by atoms with Gasteiger partial charge in [0.1, 0.15) is 0 Å². The van der Waals surface area contributed by atoms with Crippen LogP contribution in [-0.4, -0.2) is 21.4 Å². The van der Waals surface area contributed by atoms with Crippen molar-refractivity contribution in [2.75, 3.05) is 0 Å². The summed E-state index contributed by atoms with van der Waals surface area (Å²) in [5.74, 6) is 0. The summed E-state index contributed by atoms with van der Waals surface area (Å²) in [5.41, 5.74) is 1.63. The molecule has 5 nitrogen and oxygen atoms in total. The summed E-state index contributed by atoms with van der Waals surface area (Å²) in [6, 6.07) is 9.71. The number of rotatable bonds is 4. The molecule has 1 amide bonds. The van der Waals surface area contributed by atoms with E-state index in [0.717, 1.165) is 17.8 Å². The highest BCUT2D eigenvalue weighted by atomic mass is 19.4. The van der Waals surface area contributed by atoms with E-state index in [0.29, 0.717) is 23.4 Å². The van der Waals surface area contributed by atoms with Crippen molar-refractivity contribution in [1.29, 1.82) is 0 Å². The van der Waals surface area contributed by atoms with Gasteiger partial charge in [-0.2, -0.15) is 13.2 Å². The third-order valence-corrected chi connectivity index (χ3v) is 3.71. The number of pyridine rings is 1. The van der Waals surface area contributed by atoms with E-state index >= 15 is 0 Å². The fourth-order valence-corrected chi connectivity index (χ4v) is 2.27. The van der Waals surface area contributed by atoms with Crippen LogP contribution in [0.15, 0.2) is 61.1 Å². The van der Waals surface area contributed by atoms with E-state index in [1.54, 1.807) is 49.8 Å². The second-order valence-corrected chi connectivity index (χ2v) is 5.88. The average molecular weight is 388 g/mol. The molecule has 28 heavy (non-hydrogen) atoms. The first-order valence-electron chi connectivity index (χ1n) is 8.38. The zero-order chi connectivity index (χ0) is 20.6. The molecule has 0 radical (unpaired) electrons. The van der Waals surface area contributed by atoms with Crippen LogP contribution in [0.5, 0.6) is 0 Å². The summed E-state index contributed by atoms with van der Waals surface area (Å²) in [6.07, 6.45) is 1.23. The van der Waals surface area contributed by atoms with Crippen LogP contribution >= 0.6 is 0 Å². The summed E-state index contributed by atoms with van der Waals surface area (Å²) in [5, 5.41) is 2.55. The number of aryl methyl sites for hydroxylation is 1. The van der Waals surface area contributed by atoms with Gasteiger partial charge < -0.3 is 5.32 Å². The highest BCUT2D eigenvalue weighted by Gasteiger charge is 2.30. The smallest absolute Gasteiger partial charge is 0.351 e. The maximum Gasteiger partial charge on any atom is 0.416 e. The molecule has 0 aliphatic heterocycles. The Labute approximate surface area is 160 Å². The fraction of sp³-hybridized carbons (Fsp3) is 0.200. The number of hydrogen-bond acceptors (Lipinski definition) is 4. The second kappa shape index (κ2) is 9.59. The van der Waals surface area contributed by atoms with Gasteiger partial charge in [-0.1, -0.05) is 18.2 Å². The molecular formula is C20H19F3N4O. The normalized spacial score (nSPS) is 11.8. The Bertz CT molecular complexity index is 901. The minimum atomic E-state index is -4.39. The van der Waals surface area contributed by atoms with E-state index < -0.39 is 11.7 Å². The molecule has 2 aromatic heterocycles. The number of benzene rings is 1. The summed E-state index contributed by atoms with van der Waals surface area (Å²) in [4.78, 5) is 22.5. The topological polar surface area (TPSA) is 67.8 Å². The average Bonchev–Trinajstić information content (AvgIpc) is 2.69. The van der Waals surface area contributed by atoms with Crippen molar-refractivity contribution in [3.05, 3.63) is 78.0 Å². The first-order valence-corrected chi connectivity index (χ1v) is 8.38. The van der Waals surface area contributed by atoms with Crippen molar-refractivity contribution in [1.82, 2.24) is 20.3 Å². The van der Waals surface area contributed by atoms with Gasteiger partial charge in [0.05, 0.1) is 28.7 Å². The molecule has 3 rings (SSSR count). The summed E-state index contributed by atoms with van der Waals surface area (Å²) in [6.45, 7) is 3.65. The lowest BCUT2D eigenvalue weighted by molar-refractivity contribution is -0.137. The van der Waals surface area contributed by atoms with Gasteiger partial charge in [0.2, 0.25) is 6.41 Å². The minimum absolute atomic E-state index is 0.312. The number of carbonyl (C=O) groups is 1. The van der Waals surface area contributed by atoms with Crippen LogP contribution in [0, 0.1) is 6.92 Å². The van der Waals surface area contributed by atoms with Crippen molar-refractivity contribution >= 4 is 6.41 Å². The molecule has 1 aromatic carbocycles. The monoisotopic (exact) mass is 388 g/mol. The Kier molecular flexibility index (Phi) is 7.20. The van der Waals surface area contributed by atoms with E-state index in [9.17, 15) is 18.0 Å². The summed E-state index contributed by atoms with van der Waals surface area (Å²) in [7, 11) is 0. The zero-order valence-electron chi connectivity index (χ0n) is 15.3. The SMILES string of the molecule is CC(NC=O)c1cccc(-c2cccc(C(F)(F)F)c2)n1.Cc1cnccn1. The van der Waals surface area contributed by atoms with E-state index in [1.807, 2.05) is 6.92 Å². The standard InChI is InChI=1S/C15H13F3N2O.C5H6N2/c1-10(19-9-21)13-6-3-7-14(20-13)11-4-2-5-12(8-11)15(16,17)18;1-5-4-6-2-3-7-5/h2-10H,1H3,(H,19,21);2-4H,1H3. The molecule has 146 valence electrons. The Morgan fingerprint density at radius 2 is 1.86 bits per heavy atom. The molecule has 0 fully saturated rings. The molecule has 1 N–H and O–H groups in total. The number of nitrogens with zero attached hydrogens (tertiary/aromatic N) is 3. The lowest BCUT2D eigenvalue weighted by Crippen LogP contribution is -2.17. The highest BCUT2D eigenvalue weighted by molar-refractivity contribution is 5.60. The van der Waals surface area contributed by atoms with Crippen LogP contribution < -0.4 is 5.32 Å². The quantitative estimate of drug-likeness (QED) is 0.675. The molecule has 0 saturated carbocycles. The zero-order valence-corrected chi connectivity index (χ0v) is 15.3. The molecule has 0 aliphatic carbocycles. The van der Waals surface area contributed by atoms with Crippen LogP contribution in [0.4, 0.5) is 13.2 Å².